The molecular formula is C19H19N3O2. The van der Waals surface area contributed by atoms with Crippen molar-refractivity contribution in [3.8, 4) is 11.5 Å². The summed E-state index contributed by atoms with van der Waals surface area (Å²) in [6, 6.07) is 15.1. The normalized spacial score (nSPS) is 17.8. The number of likely N-dealkylation sites (tertiary alicyclic amines) is 1. The minimum atomic E-state index is 0.509. The maximum absolute atomic E-state index is 5.67. The first-order valence-electron chi connectivity index (χ1n) is 8.39. The van der Waals surface area contributed by atoms with Crippen LogP contribution in [0.1, 0.15) is 11.6 Å². The van der Waals surface area contributed by atoms with Crippen LogP contribution in [-0.2, 0) is 6.54 Å². The first kappa shape index (κ1) is 13.9. The molecule has 5 nitrogen and oxygen atoms in total. The van der Waals surface area contributed by atoms with E-state index in [9.17, 15) is 0 Å². The Morgan fingerprint density at radius 2 is 1.83 bits per heavy atom. The monoisotopic (exact) mass is 321 g/mol. The summed E-state index contributed by atoms with van der Waals surface area (Å²) >= 11 is 0. The maximum atomic E-state index is 5.67. The van der Waals surface area contributed by atoms with Crippen LogP contribution in [0.4, 0.5) is 0 Å². The molecule has 0 atom stereocenters. The summed E-state index contributed by atoms with van der Waals surface area (Å²) in [5.74, 6) is 1.73. The number of para-hydroxylation sites is 2. The molecule has 0 amide bonds. The van der Waals surface area contributed by atoms with Crippen molar-refractivity contribution in [1.29, 1.82) is 0 Å². The molecule has 0 radical (unpaired) electrons. The average Bonchev–Trinajstić information content (AvgIpc) is 3.01. The predicted molar refractivity (Wildman–Crippen MR) is 91.5 cm³/mol. The molecular weight excluding hydrogens is 302 g/mol. The fourth-order valence-electron chi connectivity index (χ4n) is 3.56. The zero-order valence-electron chi connectivity index (χ0n) is 13.4. The van der Waals surface area contributed by atoms with E-state index in [2.05, 4.69) is 44.8 Å². The summed E-state index contributed by atoms with van der Waals surface area (Å²) < 4.78 is 13.6. The van der Waals surface area contributed by atoms with Gasteiger partial charge >= 0.3 is 0 Å². The van der Waals surface area contributed by atoms with E-state index in [-0.39, 0.29) is 0 Å². The van der Waals surface area contributed by atoms with Gasteiger partial charge in [-0.15, -0.1) is 0 Å². The van der Waals surface area contributed by atoms with Gasteiger partial charge in [-0.25, -0.2) is 4.98 Å². The van der Waals surface area contributed by atoms with E-state index in [0.29, 0.717) is 19.3 Å². The number of aromatic nitrogens is 2. The van der Waals surface area contributed by atoms with Crippen LogP contribution in [0.15, 0.2) is 48.8 Å². The van der Waals surface area contributed by atoms with Crippen LogP contribution >= 0.6 is 0 Å². The minimum Gasteiger partial charge on any atom is -0.486 e. The van der Waals surface area contributed by atoms with Crippen LogP contribution in [0, 0.1) is 0 Å². The molecule has 0 saturated carbocycles. The van der Waals surface area contributed by atoms with Gasteiger partial charge in [0, 0.05) is 19.6 Å². The first-order valence-corrected chi connectivity index (χ1v) is 8.39. The zero-order chi connectivity index (χ0) is 15.9. The minimum absolute atomic E-state index is 0.509. The second-order valence-electron chi connectivity index (χ2n) is 6.47. The van der Waals surface area contributed by atoms with Gasteiger partial charge in [-0.1, -0.05) is 18.2 Å². The molecule has 2 aromatic carbocycles. The molecule has 0 aliphatic carbocycles. The van der Waals surface area contributed by atoms with E-state index in [1.807, 2.05) is 18.5 Å². The molecule has 3 heterocycles. The highest BCUT2D eigenvalue weighted by molar-refractivity contribution is 5.75. The Labute approximate surface area is 140 Å². The van der Waals surface area contributed by atoms with E-state index < -0.39 is 0 Å². The Kier molecular flexibility index (Phi) is 3.19. The predicted octanol–water partition coefficient (Wildman–Crippen LogP) is 2.86. The highest BCUT2D eigenvalue weighted by Gasteiger charge is 2.29. The van der Waals surface area contributed by atoms with Crippen LogP contribution in [0.25, 0.3) is 11.0 Å². The molecule has 24 heavy (non-hydrogen) atoms. The number of hydrogen-bond acceptors (Lipinski definition) is 4. The van der Waals surface area contributed by atoms with Gasteiger partial charge in [0.2, 0.25) is 0 Å². The largest absolute Gasteiger partial charge is 0.486 e. The highest BCUT2D eigenvalue weighted by atomic mass is 16.6. The second kappa shape index (κ2) is 5.53. The Morgan fingerprint density at radius 3 is 2.75 bits per heavy atom. The summed E-state index contributed by atoms with van der Waals surface area (Å²) in [5.41, 5.74) is 3.57. The van der Waals surface area contributed by atoms with E-state index in [1.54, 1.807) is 0 Å². The van der Waals surface area contributed by atoms with Gasteiger partial charge in [-0.2, -0.15) is 0 Å². The van der Waals surface area contributed by atoms with Gasteiger partial charge in [0.05, 0.1) is 23.4 Å². The van der Waals surface area contributed by atoms with Crippen molar-refractivity contribution < 1.29 is 9.47 Å². The topological polar surface area (TPSA) is 39.5 Å². The average molecular weight is 321 g/mol. The van der Waals surface area contributed by atoms with E-state index in [1.165, 1.54) is 11.1 Å². The molecule has 0 N–H and O–H groups in total. The van der Waals surface area contributed by atoms with Crippen molar-refractivity contribution in [2.24, 2.45) is 0 Å². The number of hydrogen-bond donors (Lipinski definition) is 0. The summed E-state index contributed by atoms with van der Waals surface area (Å²) in [5, 5.41) is 0. The van der Waals surface area contributed by atoms with Gasteiger partial charge in [0.1, 0.15) is 13.2 Å². The Hall–Kier alpha value is -2.53. The zero-order valence-corrected chi connectivity index (χ0v) is 13.4. The van der Waals surface area contributed by atoms with E-state index in [0.717, 1.165) is 36.6 Å². The molecule has 0 unspecified atom stereocenters. The quantitative estimate of drug-likeness (QED) is 0.744. The third-order valence-corrected chi connectivity index (χ3v) is 4.83. The van der Waals surface area contributed by atoms with Crippen molar-refractivity contribution in [2.45, 2.75) is 12.6 Å². The molecule has 2 aliphatic rings. The lowest BCUT2D eigenvalue weighted by molar-refractivity contribution is 0.101. The molecule has 1 aromatic heterocycles. The fraction of sp³-hybridized carbons (Fsp3) is 0.316. The lowest BCUT2D eigenvalue weighted by Crippen LogP contribution is -2.46. The van der Waals surface area contributed by atoms with Gasteiger partial charge < -0.3 is 14.0 Å². The van der Waals surface area contributed by atoms with Crippen LogP contribution in [0.2, 0.25) is 0 Å². The molecule has 0 spiro atoms. The summed E-state index contributed by atoms with van der Waals surface area (Å²) in [6.45, 7) is 4.32. The Morgan fingerprint density at radius 1 is 1.00 bits per heavy atom. The van der Waals surface area contributed by atoms with E-state index in [4.69, 9.17) is 9.47 Å². The molecule has 0 bridgehead atoms. The third-order valence-electron chi connectivity index (χ3n) is 4.83. The molecule has 5 rings (SSSR count). The molecule has 5 heteroatoms. The fourth-order valence-corrected chi connectivity index (χ4v) is 3.56. The molecule has 122 valence electrons. The lowest BCUT2D eigenvalue weighted by atomic mass is 10.1. The third kappa shape index (κ3) is 2.32. The van der Waals surface area contributed by atoms with Gasteiger partial charge in [0.15, 0.2) is 11.5 Å². The number of nitrogens with zero attached hydrogens (tertiary/aromatic N) is 3. The number of imidazole rings is 1. The van der Waals surface area contributed by atoms with Crippen LogP contribution in [0.5, 0.6) is 11.5 Å². The van der Waals surface area contributed by atoms with Gasteiger partial charge in [-0.05, 0) is 29.8 Å². The van der Waals surface area contributed by atoms with Gasteiger partial charge in [-0.3, -0.25) is 4.90 Å². The van der Waals surface area contributed by atoms with Crippen LogP contribution in [0.3, 0.4) is 0 Å². The highest BCUT2D eigenvalue weighted by Crippen LogP contribution is 2.32. The van der Waals surface area contributed by atoms with E-state index >= 15 is 0 Å². The molecule has 2 aliphatic heterocycles. The van der Waals surface area contributed by atoms with Crippen LogP contribution < -0.4 is 9.47 Å². The molecule has 1 saturated heterocycles. The van der Waals surface area contributed by atoms with Crippen molar-refractivity contribution in [2.75, 3.05) is 26.3 Å². The van der Waals surface area contributed by atoms with Crippen molar-refractivity contribution in [3.05, 3.63) is 54.4 Å². The van der Waals surface area contributed by atoms with Gasteiger partial charge in [0.25, 0.3) is 0 Å². The first-order chi connectivity index (χ1) is 11.9. The number of ether oxygens (including phenoxy) is 2. The Bertz CT molecular complexity index is 883. The number of benzene rings is 2. The number of fused-ring (bicyclic) bond motifs is 2. The maximum Gasteiger partial charge on any atom is 0.161 e. The SMILES string of the molecule is c1ccc2c(c1)ncn2C1CN(Cc2ccc3c(c2)OCCO3)C1. The van der Waals surface area contributed by atoms with Crippen LogP contribution in [-0.4, -0.2) is 40.8 Å². The molecule has 3 aromatic rings. The smallest absolute Gasteiger partial charge is 0.161 e. The summed E-state index contributed by atoms with van der Waals surface area (Å²) in [4.78, 5) is 6.94. The van der Waals surface area contributed by atoms with Crippen molar-refractivity contribution in [3.63, 3.8) is 0 Å². The Balaban J connectivity index is 1.27. The summed E-state index contributed by atoms with van der Waals surface area (Å²) in [6.07, 6.45) is 1.97. The second-order valence-corrected chi connectivity index (χ2v) is 6.47. The van der Waals surface area contributed by atoms with Crippen molar-refractivity contribution in [1.82, 2.24) is 14.5 Å². The van der Waals surface area contributed by atoms with Crippen molar-refractivity contribution >= 4 is 11.0 Å². The standard InChI is InChI=1S/C19H19N3O2/c1-2-4-17-16(3-1)20-13-22(17)15-11-21(12-15)10-14-5-6-18-19(9-14)24-8-7-23-18/h1-6,9,13,15H,7-8,10-12H2. The molecule has 1 fully saturated rings. The lowest BCUT2D eigenvalue weighted by Gasteiger charge is -2.40. The summed E-state index contributed by atoms with van der Waals surface area (Å²) in [7, 11) is 0. The number of rotatable bonds is 3.